The molecular formula is C31H28FN3O5S2. The molecule has 3 aromatic carbocycles. The number of Topliss-reactive ketones (excluding diaryl/α,β-unsaturated/α-hetero) is 1. The standard InChI is InChI=1S/C31H28FN3O5S2/c1-5-40-23-13-10-20(15-24(23)39-4)26-25(27(36)22-14-17(2)6-7-18(22)3)28(37)29(38)35(26)30-33-34-31(42-30)41-16-19-8-11-21(32)12-9-19/h6-15,26,36H,5,16H2,1-4H3. The van der Waals surface area contributed by atoms with E-state index in [1.165, 1.54) is 35.9 Å². The van der Waals surface area contributed by atoms with Crippen molar-refractivity contribution in [2.75, 3.05) is 18.6 Å². The van der Waals surface area contributed by atoms with Gasteiger partial charge in [-0.05, 0) is 67.8 Å². The molecule has 1 aromatic heterocycles. The van der Waals surface area contributed by atoms with Crippen LogP contribution in [0.1, 0.15) is 40.8 Å². The molecule has 1 amide bonds. The first-order valence-corrected chi connectivity index (χ1v) is 14.9. The van der Waals surface area contributed by atoms with Crippen LogP contribution >= 0.6 is 23.1 Å². The molecule has 4 aromatic rings. The number of aromatic nitrogens is 2. The van der Waals surface area contributed by atoms with E-state index in [4.69, 9.17) is 9.47 Å². The molecular weight excluding hydrogens is 577 g/mol. The van der Waals surface area contributed by atoms with E-state index in [2.05, 4.69) is 10.2 Å². The summed E-state index contributed by atoms with van der Waals surface area (Å²) in [6, 6.07) is 15.8. The normalized spacial score (nSPS) is 16.2. The number of nitrogens with zero attached hydrogens (tertiary/aromatic N) is 3. The van der Waals surface area contributed by atoms with E-state index in [1.807, 2.05) is 32.9 Å². The van der Waals surface area contributed by atoms with Crippen LogP contribution in [0, 0.1) is 19.7 Å². The van der Waals surface area contributed by atoms with Gasteiger partial charge in [0.25, 0.3) is 5.78 Å². The number of aliphatic hydroxyl groups is 1. The largest absolute Gasteiger partial charge is 0.507 e. The van der Waals surface area contributed by atoms with E-state index in [9.17, 15) is 19.1 Å². The van der Waals surface area contributed by atoms with Gasteiger partial charge in [0.05, 0.1) is 25.3 Å². The molecule has 1 N–H and O–H groups in total. The average Bonchev–Trinajstić information content (AvgIpc) is 3.56. The van der Waals surface area contributed by atoms with Crippen molar-refractivity contribution in [3.63, 3.8) is 0 Å². The number of methoxy groups -OCH3 is 1. The zero-order chi connectivity index (χ0) is 30.0. The van der Waals surface area contributed by atoms with Gasteiger partial charge in [-0.1, -0.05) is 59.0 Å². The fourth-order valence-electron chi connectivity index (χ4n) is 4.69. The van der Waals surface area contributed by atoms with Gasteiger partial charge in [-0.2, -0.15) is 0 Å². The maximum Gasteiger partial charge on any atom is 0.301 e. The highest BCUT2D eigenvalue weighted by Gasteiger charge is 2.48. The summed E-state index contributed by atoms with van der Waals surface area (Å²) in [5.41, 5.74) is 3.47. The molecule has 1 saturated heterocycles. The minimum Gasteiger partial charge on any atom is -0.507 e. The zero-order valence-corrected chi connectivity index (χ0v) is 25.0. The van der Waals surface area contributed by atoms with Crippen LogP contribution < -0.4 is 14.4 Å². The van der Waals surface area contributed by atoms with Gasteiger partial charge in [0.1, 0.15) is 11.6 Å². The summed E-state index contributed by atoms with van der Waals surface area (Å²) in [5.74, 6) is -0.813. The molecule has 0 bridgehead atoms. The highest BCUT2D eigenvalue weighted by atomic mass is 32.2. The molecule has 11 heteroatoms. The van der Waals surface area contributed by atoms with E-state index in [0.29, 0.717) is 39.3 Å². The maximum absolute atomic E-state index is 13.6. The number of benzene rings is 3. The van der Waals surface area contributed by atoms with E-state index >= 15 is 0 Å². The molecule has 0 aliphatic carbocycles. The molecule has 2 heterocycles. The molecule has 0 saturated carbocycles. The number of ketones is 1. The van der Waals surface area contributed by atoms with Crippen molar-refractivity contribution in [3.05, 3.63) is 99.9 Å². The monoisotopic (exact) mass is 605 g/mol. The number of amides is 1. The third-order valence-electron chi connectivity index (χ3n) is 6.77. The molecule has 0 radical (unpaired) electrons. The van der Waals surface area contributed by atoms with Gasteiger partial charge in [-0.15, -0.1) is 10.2 Å². The SMILES string of the molecule is CCOc1ccc(C2C(=C(O)c3cc(C)ccc3C)C(=O)C(=O)N2c2nnc(SCc3ccc(F)cc3)s2)cc1OC. The van der Waals surface area contributed by atoms with Crippen molar-refractivity contribution in [2.45, 2.75) is 36.9 Å². The second-order valence-corrected chi connectivity index (χ2v) is 11.8. The molecule has 5 rings (SSSR count). The number of ether oxygens (including phenoxy) is 2. The lowest BCUT2D eigenvalue weighted by molar-refractivity contribution is -0.132. The fourth-order valence-corrected chi connectivity index (χ4v) is 6.52. The smallest absolute Gasteiger partial charge is 0.301 e. The van der Waals surface area contributed by atoms with Gasteiger partial charge >= 0.3 is 5.91 Å². The van der Waals surface area contributed by atoms with E-state index in [-0.39, 0.29) is 22.3 Å². The lowest BCUT2D eigenvalue weighted by atomic mass is 9.93. The Kier molecular flexibility index (Phi) is 8.60. The number of hydrogen-bond donors (Lipinski definition) is 1. The number of aryl methyl sites for hydroxylation is 2. The van der Waals surface area contributed by atoms with E-state index < -0.39 is 17.7 Å². The number of halogens is 1. The van der Waals surface area contributed by atoms with E-state index in [1.54, 1.807) is 36.4 Å². The number of rotatable bonds is 9. The molecule has 0 spiro atoms. The molecule has 1 aliphatic rings. The Morgan fingerprint density at radius 3 is 2.52 bits per heavy atom. The van der Waals surface area contributed by atoms with Crippen LogP contribution in [0.2, 0.25) is 0 Å². The van der Waals surface area contributed by atoms with Crippen LogP contribution in [-0.2, 0) is 15.3 Å². The van der Waals surface area contributed by atoms with Crippen LogP contribution in [0.4, 0.5) is 9.52 Å². The van der Waals surface area contributed by atoms with Gasteiger partial charge in [0, 0.05) is 11.3 Å². The van der Waals surface area contributed by atoms with Crippen molar-refractivity contribution < 1.29 is 28.6 Å². The molecule has 216 valence electrons. The molecule has 1 aliphatic heterocycles. The van der Waals surface area contributed by atoms with Crippen LogP contribution in [0.25, 0.3) is 5.76 Å². The number of hydrogen-bond acceptors (Lipinski definition) is 9. The number of anilines is 1. The predicted octanol–water partition coefficient (Wildman–Crippen LogP) is 6.62. The summed E-state index contributed by atoms with van der Waals surface area (Å²) in [7, 11) is 1.50. The highest BCUT2D eigenvalue weighted by Crippen LogP contribution is 2.46. The number of carbonyl (C=O) groups is 2. The lowest BCUT2D eigenvalue weighted by Gasteiger charge is -2.23. The summed E-state index contributed by atoms with van der Waals surface area (Å²) in [6.45, 7) is 5.99. The quantitative estimate of drug-likeness (QED) is 0.0747. The first-order valence-electron chi connectivity index (χ1n) is 13.1. The van der Waals surface area contributed by atoms with Gasteiger partial charge in [-0.25, -0.2) is 4.39 Å². The summed E-state index contributed by atoms with van der Waals surface area (Å²) < 4.78 is 25.1. The van der Waals surface area contributed by atoms with Crippen molar-refractivity contribution in [3.8, 4) is 11.5 Å². The summed E-state index contributed by atoms with van der Waals surface area (Å²) in [4.78, 5) is 28.5. The Balaban J connectivity index is 1.60. The van der Waals surface area contributed by atoms with Crippen LogP contribution in [0.3, 0.4) is 0 Å². The topological polar surface area (TPSA) is 102 Å². The van der Waals surface area contributed by atoms with E-state index in [0.717, 1.165) is 28.0 Å². The Morgan fingerprint density at radius 2 is 1.81 bits per heavy atom. The first-order chi connectivity index (χ1) is 20.2. The Morgan fingerprint density at radius 1 is 1.05 bits per heavy atom. The molecule has 1 fully saturated rings. The fraction of sp³-hybridized carbons (Fsp3) is 0.226. The van der Waals surface area contributed by atoms with Gasteiger partial charge < -0.3 is 14.6 Å². The third kappa shape index (κ3) is 5.75. The maximum atomic E-state index is 13.6. The second-order valence-electron chi connectivity index (χ2n) is 9.60. The Hall–Kier alpha value is -4.22. The number of carbonyl (C=O) groups excluding carboxylic acids is 2. The average molecular weight is 606 g/mol. The van der Waals surface area contributed by atoms with Crippen LogP contribution in [-0.4, -0.2) is 40.7 Å². The van der Waals surface area contributed by atoms with Gasteiger partial charge in [0.15, 0.2) is 15.8 Å². The van der Waals surface area contributed by atoms with Gasteiger partial charge in [-0.3, -0.25) is 14.5 Å². The molecule has 8 nitrogen and oxygen atoms in total. The molecule has 1 unspecified atom stereocenters. The second kappa shape index (κ2) is 12.3. The highest BCUT2D eigenvalue weighted by molar-refractivity contribution is 8.00. The first kappa shape index (κ1) is 29.3. The Bertz CT molecular complexity index is 1690. The van der Waals surface area contributed by atoms with Crippen molar-refractivity contribution >= 4 is 45.7 Å². The molecule has 1 atom stereocenters. The Labute approximate surface area is 250 Å². The molecule has 42 heavy (non-hydrogen) atoms. The predicted molar refractivity (Wildman–Crippen MR) is 161 cm³/mol. The minimum atomic E-state index is -1.00. The van der Waals surface area contributed by atoms with Crippen molar-refractivity contribution in [1.82, 2.24) is 10.2 Å². The summed E-state index contributed by atoms with van der Waals surface area (Å²) in [6.07, 6.45) is 0. The van der Waals surface area contributed by atoms with Crippen LogP contribution in [0.15, 0.2) is 70.6 Å². The minimum absolute atomic E-state index is 0.0596. The third-order valence-corrected chi connectivity index (χ3v) is 8.90. The summed E-state index contributed by atoms with van der Waals surface area (Å²) in [5, 5.41) is 20.3. The number of thioether (sulfide) groups is 1. The van der Waals surface area contributed by atoms with Gasteiger partial charge in [0.2, 0.25) is 5.13 Å². The summed E-state index contributed by atoms with van der Waals surface area (Å²) >= 11 is 2.53. The zero-order valence-electron chi connectivity index (χ0n) is 23.4. The van der Waals surface area contributed by atoms with Crippen molar-refractivity contribution in [2.24, 2.45) is 0 Å². The number of aliphatic hydroxyl groups excluding tert-OH is 1. The lowest BCUT2D eigenvalue weighted by Crippen LogP contribution is -2.29. The van der Waals surface area contributed by atoms with Crippen LogP contribution in [0.5, 0.6) is 11.5 Å². The van der Waals surface area contributed by atoms with Crippen molar-refractivity contribution in [1.29, 1.82) is 0 Å².